The van der Waals surface area contributed by atoms with Crippen molar-refractivity contribution in [3.05, 3.63) is 110 Å². The Balaban J connectivity index is 1.60. The number of para-hydroxylation sites is 1. The van der Waals surface area contributed by atoms with E-state index in [-0.39, 0.29) is 0 Å². The van der Waals surface area contributed by atoms with E-state index in [0.717, 1.165) is 27.5 Å². The first kappa shape index (κ1) is 20.2. The molecule has 0 bridgehead atoms. The Kier molecular flexibility index (Phi) is 3.91. The maximum absolute atomic E-state index is 4.81. The molecule has 0 amide bonds. The second-order valence-electron chi connectivity index (χ2n) is 9.67. The molecule has 4 nitrogen and oxygen atoms in total. The van der Waals surface area contributed by atoms with Gasteiger partial charge in [-0.2, -0.15) is 0 Å². The van der Waals surface area contributed by atoms with Gasteiger partial charge >= 0.3 is 0 Å². The van der Waals surface area contributed by atoms with E-state index in [0.29, 0.717) is 0 Å². The van der Waals surface area contributed by atoms with Gasteiger partial charge in [-0.05, 0) is 41.8 Å². The molecule has 0 spiro atoms. The van der Waals surface area contributed by atoms with Gasteiger partial charge in [0, 0.05) is 71.9 Å². The third-order valence-electron chi connectivity index (χ3n) is 7.74. The van der Waals surface area contributed by atoms with Crippen LogP contribution >= 0.6 is 11.3 Å². The van der Waals surface area contributed by atoms with Crippen molar-refractivity contribution in [3.63, 3.8) is 0 Å². The van der Waals surface area contributed by atoms with Crippen LogP contribution < -0.4 is 0 Å². The zero-order chi connectivity index (χ0) is 24.8. The number of rotatable bonds is 1. The Morgan fingerprint density at radius 2 is 1.45 bits per heavy atom. The maximum atomic E-state index is 4.81. The van der Waals surface area contributed by atoms with E-state index in [1.165, 1.54) is 52.8 Å². The molecule has 0 unspecified atom stereocenters. The Labute approximate surface area is 220 Å². The molecule has 0 fully saturated rings. The molecule has 4 aromatic carbocycles. The number of hydrogen-bond donors (Lipinski definition) is 0. The summed E-state index contributed by atoms with van der Waals surface area (Å²) in [7, 11) is 0. The highest BCUT2D eigenvalue weighted by Crippen LogP contribution is 2.48. The summed E-state index contributed by atoms with van der Waals surface area (Å²) in [4.78, 5) is 14.1. The van der Waals surface area contributed by atoms with Crippen LogP contribution in [0.15, 0.2) is 110 Å². The Morgan fingerprint density at radius 1 is 0.579 bits per heavy atom. The summed E-state index contributed by atoms with van der Waals surface area (Å²) in [5, 5.41) is 9.67. The van der Waals surface area contributed by atoms with Crippen molar-refractivity contribution in [2.75, 3.05) is 0 Å². The van der Waals surface area contributed by atoms with Crippen LogP contribution in [0, 0.1) is 0 Å². The number of fused-ring (bicyclic) bond motifs is 13. The summed E-state index contributed by atoms with van der Waals surface area (Å²) in [6.07, 6.45) is 7.70. The van der Waals surface area contributed by atoms with Gasteiger partial charge in [0.1, 0.15) is 0 Å². The highest BCUT2D eigenvalue weighted by molar-refractivity contribution is 7.27. The lowest BCUT2D eigenvalue weighted by atomic mass is 10.0. The molecule has 0 aliphatic carbocycles. The van der Waals surface area contributed by atoms with Gasteiger partial charge in [0.2, 0.25) is 0 Å². The molecule has 0 radical (unpaired) electrons. The number of benzene rings is 4. The largest absolute Gasteiger partial charge is 0.308 e. The predicted molar refractivity (Wildman–Crippen MR) is 160 cm³/mol. The predicted octanol–water partition coefficient (Wildman–Crippen LogP) is 8.80. The lowest BCUT2D eigenvalue weighted by molar-refractivity contribution is 1.19. The van der Waals surface area contributed by atoms with Crippen LogP contribution in [-0.4, -0.2) is 19.5 Å². The molecular formula is C33H18N4S. The van der Waals surface area contributed by atoms with Crippen molar-refractivity contribution in [2.24, 2.45) is 0 Å². The van der Waals surface area contributed by atoms with Crippen molar-refractivity contribution >= 4 is 85.9 Å². The van der Waals surface area contributed by atoms with Crippen molar-refractivity contribution in [1.82, 2.24) is 19.5 Å². The van der Waals surface area contributed by atoms with E-state index in [2.05, 4.69) is 88.4 Å². The van der Waals surface area contributed by atoms with Crippen molar-refractivity contribution in [2.45, 2.75) is 0 Å². The van der Waals surface area contributed by atoms with Crippen LogP contribution in [0.25, 0.3) is 80.2 Å². The number of hydrogen-bond acceptors (Lipinski definition) is 4. The topological polar surface area (TPSA) is 43.6 Å². The van der Waals surface area contributed by atoms with E-state index >= 15 is 0 Å². The fourth-order valence-corrected chi connectivity index (χ4v) is 7.43. The second-order valence-corrected chi connectivity index (χ2v) is 10.7. The smallest absolute Gasteiger partial charge is 0.0985 e. The van der Waals surface area contributed by atoms with Gasteiger partial charge in [-0.15, -0.1) is 11.3 Å². The summed E-state index contributed by atoms with van der Waals surface area (Å²) in [5.41, 5.74) is 5.36. The van der Waals surface area contributed by atoms with E-state index in [1.807, 2.05) is 42.2 Å². The van der Waals surface area contributed by atoms with Gasteiger partial charge < -0.3 is 4.57 Å². The van der Waals surface area contributed by atoms with Crippen molar-refractivity contribution in [1.29, 1.82) is 0 Å². The highest BCUT2D eigenvalue weighted by Gasteiger charge is 2.22. The van der Waals surface area contributed by atoms with E-state index < -0.39 is 0 Å². The first-order valence-corrected chi connectivity index (χ1v) is 13.4. The molecule has 38 heavy (non-hydrogen) atoms. The molecule has 0 N–H and O–H groups in total. The van der Waals surface area contributed by atoms with Crippen LogP contribution in [0.3, 0.4) is 0 Å². The van der Waals surface area contributed by atoms with Gasteiger partial charge in [-0.1, -0.05) is 48.5 Å². The number of thiophene rings is 1. The average molecular weight is 503 g/mol. The maximum Gasteiger partial charge on any atom is 0.0985 e. The van der Waals surface area contributed by atoms with Gasteiger partial charge in [0.05, 0.1) is 27.8 Å². The standard InChI is InChI=1S/C33H18N4S/c1-3-9-25-21(7-1)28-20-13-16-34-18-24(20)33-29(23-8-2-4-10-27(23)38-33)32(28)37(25)26-14-17-36-31-22(26)12-11-19-6-5-15-35-30(19)31/h1-18H. The van der Waals surface area contributed by atoms with E-state index in [1.54, 1.807) is 0 Å². The zero-order valence-electron chi connectivity index (χ0n) is 20.1. The summed E-state index contributed by atoms with van der Waals surface area (Å²) < 4.78 is 5.01. The second kappa shape index (κ2) is 7.34. The first-order valence-electron chi connectivity index (χ1n) is 12.6. The fourth-order valence-electron chi connectivity index (χ4n) is 6.20. The molecule has 0 aliphatic heterocycles. The SMILES string of the molecule is c1cnc2c(c1)ccc1c(-n3c4ccccc4c4c5ccncc5c5sc6ccccc6c5c43)ccnc12. The third kappa shape index (κ3) is 2.51. The van der Waals surface area contributed by atoms with Crippen LogP contribution in [-0.2, 0) is 0 Å². The normalized spacial score (nSPS) is 12.2. The van der Waals surface area contributed by atoms with E-state index in [4.69, 9.17) is 9.97 Å². The number of pyridine rings is 3. The minimum Gasteiger partial charge on any atom is -0.308 e. The molecule has 5 heterocycles. The molecule has 0 atom stereocenters. The van der Waals surface area contributed by atoms with Crippen LogP contribution in [0.4, 0.5) is 0 Å². The van der Waals surface area contributed by atoms with Gasteiger partial charge in [-0.25, -0.2) is 0 Å². The minimum atomic E-state index is 0.919. The lowest BCUT2D eigenvalue weighted by Crippen LogP contribution is -1.97. The first-order chi connectivity index (χ1) is 18.9. The van der Waals surface area contributed by atoms with Crippen molar-refractivity contribution < 1.29 is 0 Å². The summed E-state index contributed by atoms with van der Waals surface area (Å²) in [6, 6.07) is 30.2. The minimum absolute atomic E-state index is 0.919. The van der Waals surface area contributed by atoms with Crippen LogP contribution in [0.5, 0.6) is 0 Å². The van der Waals surface area contributed by atoms with Gasteiger partial charge in [0.25, 0.3) is 0 Å². The Bertz CT molecular complexity index is 2420. The highest BCUT2D eigenvalue weighted by atomic mass is 32.1. The fraction of sp³-hybridized carbons (Fsp3) is 0. The molecule has 0 aliphatic rings. The molecule has 9 aromatic rings. The molecule has 9 rings (SSSR count). The third-order valence-corrected chi connectivity index (χ3v) is 8.95. The Morgan fingerprint density at radius 3 is 2.42 bits per heavy atom. The van der Waals surface area contributed by atoms with Gasteiger partial charge in [-0.3, -0.25) is 15.0 Å². The summed E-state index contributed by atoms with van der Waals surface area (Å²) in [6.45, 7) is 0. The van der Waals surface area contributed by atoms with E-state index in [9.17, 15) is 0 Å². The molecule has 0 saturated heterocycles. The van der Waals surface area contributed by atoms with Crippen molar-refractivity contribution in [3.8, 4) is 5.69 Å². The summed E-state index contributed by atoms with van der Waals surface area (Å²) >= 11 is 1.85. The molecule has 5 aromatic heterocycles. The zero-order valence-corrected chi connectivity index (χ0v) is 20.9. The average Bonchev–Trinajstić information content (AvgIpc) is 3.53. The summed E-state index contributed by atoms with van der Waals surface area (Å²) in [5.74, 6) is 0. The van der Waals surface area contributed by atoms with Gasteiger partial charge in [0.15, 0.2) is 0 Å². The lowest BCUT2D eigenvalue weighted by Gasteiger charge is -2.13. The number of nitrogens with zero attached hydrogens (tertiary/aromatic N) is 4. The van der Waals surface area contributed by atoms with Crippen LogP contribution in [0.2, 0.25) is 0 Å². The molecule has 0 saturated carbocycles. The van der Waals surface area contributed by atoms with Crippen LogP contribution in [0.1, 0.15) is 0 Å². The molecular weight excluding hydrogens is 484 g/mol. The number of aromatic nitrogens is 4. The molecule has 176 valence electrons. The monoisotopic (exact) mass is 502 g/mol. The molecule has 5 heteroatoms. The Hall–Kier alpha value is -4.87. The quantitative estimate of drug-likeness (QED) is 0.211.